The Morgan fingerprint density at radius 1 is 1.03 bits per heavy atom. The summed E-state index contributed by atoms with van der Waals surface area (Å²) in [6.07, 6.45) is 1.67. The second-order valence-corrected chi connectivity index (χ2v) is 11.1. The van der Waals surface area contributed by atoms with Crippen LogP contribution in [0.15, 0.2) is 47.4 Å². The van der Waals surface area contributed by atoms with E-state index in [1.54, 1.807) is 17.6 Å². The van der Waals surface area contributed by atoms with Crippen LogP contribution in [0, 0.1) is 0 Å². The van der Waals surface area contributed by atoms with Crippen LogP contribution in [0.3, 0.4) is 0 Å². The minimum atomic E-state index is -4.04. The zero-order valence-corrected chi connectivity index (χ0v) is 20.0. The molecule has 0 aliphatic carbocycles. The summed E-state index contributed by atoms with van der Waals surface area (Å²) in [5.41, 5.74) is 2.44. The Balaban J connectivity index is 1.23. The van der Waals surface area contributed by atoms with Crippen molar-refractivity contribution in [3.8, 4) is 17.2 Å². The SMILES string of the molecule is O=C(NO)C1(S(=O)(=O)c2ccc(N3CCC(Oc4ccc5c(c4)OCO5)CC3)cc2)CCOCC1. The van der Waals surface area contributed by atoms with Crippen molar-refractivity contribution in [2.24, 2.45) is 0 Å². The Labute approximate surface area is 203 Å². The number of carbonyl (C=O) groups excluding carboxylic acids is 1. The van der Waals surface area contributed by atoms with E-state index in [2.05, 4.69) is 4.90 Å². The Morgan fingerprint density at radius 3 is 2.40 bits per heavy atom. The predicted octanol–water partition coefficient (Wildman–Crippen LogP) is 2.29. The summed E-state index contributed by atoms with van der Waals surface area (Å²) in [7, 11) is -4.04. The number of sulfone groups is 1. The van der Waals surface area contributed by atoms with Gasteiger partial charge in [0.15, 0.2) is 26.1 Å². The van der Waals surface area contributed by atoms with E-state index in [0.29, 0.717) is 5.75 Å². The third-order valence-electron chi connectivity index (χ3n) is 6.93. The van der Waals surface area contributed by atoms with E-state index in [1.807, 2.05) is 18.2 Å². The van der Waals surface area contributed by atoms with Crippen molar-refractivity contribution in [1.29, 1.82) is 0 Å². The van der Waals surface area contributed by atoms with Crippen molar-refractivity contribution < 1.29 is 37.4 Å². The van der Waals surface area contributed by atoms with Crippen molar-refractivity contribution in [2.45, 2.75) is 41.4 Å². The molecule has 2 N–H and O–H groups in total. The lowest BCUT2D eigenvalue weighted by Gasteiger charge is -2.35. The van der Waals surface area contributed by atoms with Crippen molar-refractivity contribution in [1.82, 2.24) is 5.48 Å². The van der Waals surface area contributed by atoms with E-state index in [0.717, 1.165) is 43.1 Å². The van der Waals surface area contributed by atoms with E-state index in [4.69, 9.17) is 18.9 Å². The molecule has 3 aliphatic heterocycles. The fourth-order valence-corrected chi connectivity index (χ4v) is 6.80. The van der Waals surface area contributed by atoms with Gasteiger partial charge in [0.1, 0.15) is 11.9 Å². The number of piperidine rings is 1. The maximum atomic E-state index is 13.4. The van der Waals surface area contributed by atoms with Gasteiger partial charge in [-0.25, -0.2) is 13.9 Å². The van der Waals surface area contributed by atoms with Crippen LogP contribution in [0.2, 0.25) is 0 Å². The largest absolute Gasteiger partial charge is 0.490 e. The van der Waals surface area contributed by atoms with Gasteiger partial charge in [0.25, 0.3) is 5.91 Å². The van der Waals surface area contributed by atoms with Crippen LogP contribution in [0.4, 0.5) is 5.69 Å². The number of benzene rings is 2. The molecule has 5 rings (SSSR count). The molecule has 0 aromatic heterocycles. The first-order chi connectivity index (χ1) is 16.9. The zero-order chi connectivity index (χ0) is 24.5. The summed E-state index contributed by atoms with van der Waals surface area (Å²) in [5, 5.41) is 9.20. The number of fused-ring (bicyclic) bond motifs is 1. The molecule has 2 saturated heterocycles. The summed E-state index contributed by atoms with van der Waals surface area (Å²) in [5.74, 6) is 1.23. The standard InChI is InChI=1S/C24H28N2O8S/c27-23(25-28)24(9-13-31-14-10-24)35(29,30)20-4-1-17(2-5-20)26-11-7-18(8-12-26)34-19-3-6-21-22(15-19)33-16-32-21/h1-6,15,18,28H,7-14,16H2,(H,25,27). The van der Waals surface area contributed by atoms with Crippen LogP contribution in [-0.2, 0) is 19.4 Å². The molecular formula is C24H28N2O8S. The van der Waals surface area contributed by atoms with E-state index in [9.17, 15) is 18.4 Å². The highest BCUT2D eigenvalue weighted by Crippen LogP contribution is 2.37. The third kappa shape index (κ3) is 4.39. The highest BCUT2D eigenvalue weighted by molar-refractivity contribution is 7.93. The normalized spacial score (nSPS) is 19.9. The number of carbonyl (C=O) groups is 1. The van der Waals surface area contributed by atoms with E-state index in [1.165, 1.54) is 12.1 Å². The number of hydroxylamine groups is 1. The molecule has 11 heteroatoms. The molecule has 0 atom stereocenters. The highest BCUT2D eigenvalue weighted by atomic mass is 32.2. The topological polar surface area (TPSA) is 124 Å². The number of hydrogen-bond donors (Lipinski definition) is 2. The quantitative estimate of drug-likeness (QED) is 0.450. The average molecular weight is 505 g/mol. The van der Waals surface area contributed by atoms with Gasteiger partial charge in [-0.1, -0.05) is 0 Å². The molecule has 0 spiro atoms. The van der Waals surface area contributed by atoms with Gasteiger partial charge < -0.3 is 23.8 Å². The fraction of sp³-hybridized carbons (Fsp3) is 0.458. The molecule has 188 valence electrons. The van der Waals surface area contributed by atoms with Crippen LogP contribution in [-0.4, -0.2) is 63.5 Å². The Morgan fingerprint density at radius 2 is 1.71 bits per heavy atom. The third-order valence-corrected chi connectivity index (χ3v) is 9.45. The van der Waals surface area contributed by atoms with E-state index < -0.39 is 20.5 Å². The van der Waals surface area contributed by atoms with Gasteiger partial charge in [0.05, 0.1) is 4.90 Å². The summed E-state index contributed by atoms with van der Waals surface area (Å²) in [4.78, 5) is 14.6. The lowest BCUT2D eigenvalue weighted by Crippen LogP contribution is -2.54. The van der Waals surface area contributed by atoms with Crippen molar-refractivity contribution >= 4 is 21.4 Å². The number of nitrogens with zero attached hydrogens (tertiary/aromatic N) is 1. The predicted molar refractivity (Wildman–Crippen MR) is 125 cm³/mol. The summed E-state index contributed by atoms with van der Waals surface area (Å²) in [6, 6.07) is 12.1. The summed E-state index contributed by atoms with van der Waals surface area (Å²) >= 11 is 0. The minimum absolute atomic E-state index is 0.0135. The molecule has 2 fully saturated rings. The van der Waals surface area contributed by atoms with Gasteiger partial charge in [-0.3, -0.25) is 10.0 Å². The minimum Gasteiger partial charge on any atom is -0.490 e. The van der Waals surface area contributed by atoms with Gasteiger partial charge in [-0.2, -0.15) is 0 Å². The van der Waals surface area contributed by atoms with Gasteiger partial charge in [0, 0.05) is 50.9 Å². The van der Waals surface area contributed by atoms with Crippen LogP contribution < -0.4 is 24.6 Å². The molecule has 35 heavy (non-hydrogen) atoms. The van der Waals surface area contributed by atoms with Crippen LogP contribution in [0.5, 0.6) is 17.2 Å². The van der Waals surface area contributed by atoms with Crippen molar-refractivity contribution in [3.63, 3.8) is 0 Å². The first kappa shape index (κ1) is 23.7. The van der Waals surface area contributed by atoms with Crippen LogP contribution in [0.25, 0.3) is 0 Å². The first-order valence-corrected chi connectivity index (χ1v) is 13.1. The number of rotatable bonds is 6. The van der Waals surface area contributed by atoms with Crippen molar-refractivity contribution in [3.05, 3.63) is 42.5 Å². The molecule has 1 amide bonds. The number of anilines is 1. The monoisotopic (exact) mass is 504 g/mol. The fourth-order valence-electron chi connectivity index (χ4n) is 4.86. The van der Waals surface area contributed by atoms with Gasteiger partial charge in [-0.05, 0) is 49.2 Å². The smallest absolute Gasteiger partial charge is 0.265 e. The Hall–Kier alpha value is -3.02. The molecule has 2 aromatic rings. The van der Waals surface area contributed by atoms with E-state index >= 15 is 0 Å². The lowest BCUT2D eigenvalue weighted by molar-refractivity contribution is -0.134. The molecule has 3 aliphatic rings. The van der Waals surface area contributed by atoms with Gasteiger partial charge >= 0.3 is 0 Å². The molecule has 10 nitrogen and oxygen atoms in total. The molecule has 0 bridgehead atoms. The molecule has 2 aromatic carbocycles. The molecule has 3 heterocycles. The lowest BCUT2D eigenvalue weighted by atomic mass is 9.98. The maximum absolute atomic E-state index is 13.4. The number of amides is 1. The van der Waals surface area contributed by atoms with Gasteiger partial charge in [-0.15, -0.1) is 0 Å². The van der Waals surface area contributed by atoms with Crippen molar-refractivity contribution in [2.75, 3.05) is 38.0 Å². The molecule has 0 radical (unpaired) electrons. The Bertz CT molecular complexity index is 1170. The summed E-state index contributed by atoms with van der Waals surface area (Å²) in [6.45, 7) is 2.01. The van der Waals surface area contributed by atoms with Gasteiger partial charge in [0.2, 0.25) is 6.79 Å². The molecule has 0 unspecified atom stereocenters. The summed E-state index contributed by atoms with van der Waals surface area (Å²) < 4.78 is 47.2. The number of ether oxygens (including phenoxy) is 4. The van der Waals surface area contributed by atoms with Crippen LogP contribution >= 0.6 is 0 Å². The number of nitrogens with one attached hydrogen (secondary N) is 1. The first-order valence-electron chi connectivity index (χ1n) is 11.6. The second kappa shape index (κ2) is 9.56. The molecular weight excluding hydrogens is 476 g/mol. The van der Waals surface area contributed by atoms with E-state index in [-0.39, 0.29) is 43.8 Å². The average Bonchev–Trinajstić information content (AvgIpc) is 3.37. The Kier molecular flexibility index (Phi) is 6.47. The zero-order valence-electron chi connectivity index (χ0n) is 19.1. The van der Waals surface area contributed by atoms with Crippen LogP contribution in [0.1, 0.15) is 25.7 Å². The highest BCUT2D eigenvalue weighted by Gasteiger charge is 2.52. The molecule has 0 saturated carbocycles. The number of hydrogen-bond acceptors (Lipinski definition) is 9. The maximum Gasteiger partial charge on any atom is 0.265 e. The second-order valence-electron chi connectivity index (χ2n) is 8.86.